The molecular weight excluding hydrogens is 260 g/mol. The maximum absolute atomic E-state index is 11.3. The van der Waals surface area contributed by atoms with E-state index in [-0.39, 0.29) is 17.7 Å². The van der Waals surface area contributed by atoms with Crippen molar-refractivity contribution in [3.63, 3.8) is 0 Å². The van der Waals surface area contributed by atoms with Crippen LogP contribution in [0.3, 0.4) is 0 Å². The molecule has 3 atom stereocenters. The molecule has 1 heterocycles. The summed E-state index contributed by atoms with van der Waals surface area (Å²) in [7, 11) is 0. The number of hydrogen-bond donors (Lipinski definition) is 4. The maximum atomic E-state index is 11.3. The first-order valence-corrected chi connectivity index (χ1v) is 5.30. The van der Waals surface area contributed by atoms with E-state index in [9.17, 15) is 24.6 Å². The van der Waals surface area contributed by atoms with Gasteiger partial charge in [-0.05, 0) is 12.8 Å². The molecule has 1 fully saturated rings. The van der Waals surface area contributed by atoms with E-state index >= 15 is 0 Å². The van der Waals surface area contributed by atoms with E-state index in [2.05, 4.69) is 0 Å². The van der Waals surface area contributed by atoms with Gasteiger partial charge in [-0.3, -0.25) is 9.69 Å². The van der Waals surface area contributed by atoms with Gasteiger partial charge in [0.15, 0.2) is 0 Å². The molecule has 1 saturated heterocycles. The van der Waals surface area contributed by atoms with Crippen LogP contribution >= 0.6 is 0 Å². The third kappa shape index (κ3) is 2.30. The van der Waals surface area contributed by atoms with Crippen LogP contribution < -0.4 is 0 Å². The van der Waals surface area contributed by atoms with E-state index in [4.69, 9.17) is 15.5 Å². The highest BCUT2D eigenvalue weighted by atomic mass is 16.4. The van der Waals surface area contributed by atoms with Crippen molar-refractivity contribution in [3.8, 4) is 6.07 Å². The second-order valence-electron chi connectivity index (χ2n) is 4.24. The van der Waals surface area contributed by atoms with Crippen LogP contribution in [0.25, 0.3) is 0 Å². The van der Waals surface area contributed by atoms with Crippen molar-refractivity contribution in [2.75, 3.05) is 0 Å². The SMILES string of the molecule is N#CCC[C@]1(C(=O)O)C[C@@H](C(=O)O)N(C(=O)O)C1O. The number of hydrogen-bond acceptors (Lipinski definition) is 5. The van der Waals surface area contributed by atoms with Crippen LogP contribution in [0.5, 0.6) is 0 Å². The first kappa shape index (κ1) is 14.7. The monoisotopic (exact) mass is 272 g/mol. The van der Waals surface area contributed by atoms with Crippen molar-refractivity contribution in [1.29, 1.82) is 5.26 Å². The highest BCUT2D eigenvalue weighted by Crippen LogP contribution is 2.43. The summed E-state index contributed by atoms with van der Waals surface area (Å²) in [5, 5.41) is 45.3. The third-order valence-electron chi connectivity index (χ3n) is 3.27. The minimum atomic E-state index is -2.00. The molecule has 1 aliphatic rings. The second-order valence-corrected chi connectivity index (χ2v) is 4.24. The van der Waals surface area contributed by atoms with Crippen LogP contribution in [0.1, 0.15) is 19.3 Å². The highest BCUT2D eigenvalue weighted by Gasteiger charge is 2.60. The predicted octanol–water partition coefficient (Wildman–Crippen LogP) is -0.484. The Kier molecular flexibility index (Phi) is 3.96. The van der Waals surface area contributed by atoms with Gasteiger partial charge in [0.2, 0.25) is 0 Å². The van der Waals surface area contributed by atoms with Crippen LogP contribution in [0.15, 0.2) is 0 Å². The van der Waals surface area contributed by atoms with Gasteiger partial charge in [0, 0.05) is 6.42 Å². The lowest BCUT2D eigenvalue weighted by molar-refractivity contribution is -0.159. The summed E-state index contributed by atoms with van der Waals surface area (Å²) in [5.41, 5.74) is -1.98. The number of likely N-dealkylation sites (tertiary alicyclic amines) is 1. The van der Waals surface area contributed by atoms with Crippen LogP contribution in [0.4, 0.5) is 4.79 Å². The van der Waals surface area contributed by atoms with Gasteiger partial charge >= 0.3 is 18.0 Å². The second kappa shape index (κ2) is 5.11. The van der Waals surface area contributed by atoms with Gasteiger partial charge in [0.25, 0.3) is 0 Å². The average Bonchev–Trinajstić information content (AvgIpc) is 2.61. The molecule has 0 aromatic carbocycles. The number of carboxylic acids is 2. The molecule has 0 aliphatic carbocycles. The zero-order valence-corrected chi connectivity index (χ0v) is 9.68. The number of aliphatic hydroxyl groups excluding tert-OH is 1. The van der Waals surface area contributed by atoms with Crippen LogP contribution in [0.2, 0.25) is 0 Å². The third-order valence-corrected chi connectivity index (χ3v) is 3.27. The van der Waals surface area contributed by atoms with Gasteiger partial charge in [-0.25, -0.2) is 9.59 Å². The minimum Gasteiger partial charge on any atom is -0.481 e. The smallest absolute Gasteiger partial charge is 0.410 e. The number of nitriles is 1. The molecule has 0 saturated carbocycles. The molecule has 9 nitrogen and oxygen atoms in total. The Morgan fingerprint density at radius 3 is 2.21 bits per heavy atom. The Morgan fingerprint density at radius 2 is 1.89 bits per heavy atom. The van der Waals surface area contributed by atoms with E-state index < -0.39 is 42.1 Å². The molecule has 0 radical (unpaired) electrons. The van der Waals surface area contributed by atoms with Gasteiger partial charge in [0.05, 0.1) is 6.07 Å². The molecule has 0 bridgehead atoms. The van der Waals surface area contributed by atoms with Crippen LogP contribution in [-0.4, -0.2) is 55.6 Å². The zero-order chi connectivity index (χ0) is 14.8. The number of carbonyl (C=O) groups is 3. The van der Waals surface area contributed by atoms with Gasteiger partial charge in [-0.1, -0.05) is 0 Å². The Bertz CT molecular complexity index is 457. The van der Waals surface area contributed by atoms with Crippen molar-refractivity contribution in [2.24, 2.45) is 5.41 Å². The molecule has 1 amide bonds. The quantitative estimate of drug-likeness (QED) is 0.533. The molecular formula is C10H12N2O7. The van der Waals surface area contributed by atoms with Crippen LogP contribution in [0, 0.1) is 16.7 Å². The Hall–Kier alpha value is -2.34. The Labute approximate surface area is 107 Å². The largest absolute Gasteiger partial charge is 0.481 e. The minimum absolute atomic E-state index is 0.202. The molecule has 1 rings (SSSR count). The fourth-order valence-electron chi connectivity index (χ4n) is 2.24. The standard InChI is InChI=1S/C10H12N2O7/c11-3-1-2-10(8(16)17)4-5(6(13)14)12(7(10)15)9(18)19/h5,7,15H,1-2,4H2,(H,13,14)(H,16,17)(H,18,19)/t5-,7?,10-/m0/s1. The molecule has 1 aliphatic heterocycles. The number of rotatable bonds is 4. The molecule has 9 heteroatoms. The Morgan fingerprint density at radius 1 is 1.32 bits per heavy atom. The lowest BCUT2D eigenvalue weighted by Crippen LogP contribution is -2.48. The topological polar surface area (TPSA) is 159 Å². The number of aliphatic carboxylic acids is 2. The molecule has 0 aromatic rings. The zero-order valence-electron chi connectivity index (χ0n) is 9.68. The summed E-state index contributed by atoms with van der Waals surface area (Å²) >= 11 is 0. The summed E-state index contributed by atoms with van der Waals surface area (Å²) in [5.74, 6) is -3.06. The van der Waals surface area contributed by atoms with E-state index in [1.165, 1.54) is 0 Å². The predicted molar refractivity (Wildman–Crippen MR) is 56.8 cm³/mol. The fourth-order valence-corrected chi connectivity index (χ4v) is 2.24. The first-order chi connectivity index (χ1) is 8.77. The number of nitrogens with zero attached hydrogens (tertiary/aromatic N) is 2. The summed E-state index contributed by atoms with van der Waals surface area (Å²) in [6, 6.07) is 0.0444. The molecule has 1 unspecified atom stereocenters. The van der Waals surface area contributed by atoms with Gasteiger partial charge in [0.1, 0.15) is 17.7 Å². The van der Waals surface area contributed by atoms with Crippen molar-refractivity contribution < 1.29 is 34.8 Å². The van der Waals surface area contributed by atoms with Gasteiger partial charge in [-0.15, -0.1) is 0 Å². The number of aliphatic hydroxyl groups is 1. The summed E-state index contributed by atoms with van der Waals surface area (Å²) in [6.07, 6.45) is -4.86. The van der Waals surface area contributed by atoms with Crippen molar-refractivity contribution in [1.82, 2.24) is 4.90 Å². The molecule has 19 heavy (non-hydrogen) atoms. The van der Waals surface area contributed by atoms with E-state index in [0.29, 0.717) is 0 Å². The molecule has 4 N–H and O–H groups in total. The highest BCUT2D eigenvalue weighted by molar-refractivity contribution is 5.85. The van der Waals surface area contributed by atoms with E-state index in [1.54, 1.807) is 6.07 Å². The van der Waals surface area contributed by atoms with Gasteiger partial charge in [-0.2, -0.15) is 5.26 Å². The number of amides is 1. The van der Waals surface area contributed by atoms with Crippen molar-refractivity contribution >= 4 is 18.0 Å². The molecule has 0 aromatic heterocycles. The van der Waals surface area contributed by atoms with E-state index in [1.807, 2.05) is 0 Å². The summed E-state index contributed by atoms with van der Waals surface area (Å²) in [4.78, 5) is 33.4. The number of carboxylic acid groups (broad SMARTS) is 3. The fraction of sp³-hybridized carbons (Fsp3) is 0.600. The summed E-state index contributed by atoms with van der Waals surface area (Å²) in [6.45, 7) is 0. The van der Waals surface area contributed by atoms with Crippen molar-refractivity contribution in [2.45, 2.75) is 31.5 Å². The van der Waals surface area contributed by atoms with Gasteiger partial charge < -0.3 is 20.4 Å². The average molecular weight is 272 g/mol. The Balaban J connectivity index is 3.21. The normalized spacial score (nSPS) is 29.8. The first-order valence-electron chi connectivity index (χ1n) is 5.30. The summed E-state index contributed by atoms with van der Waals surface area (Å²) < 4.78 is 0. The van der Waals surface area contributed by atoms with Crippen LogP contribution in [-0.2, 0) is 9.59 Å². The lowest BCUT2D eigenvalue weighted by Gasteiger charge is -2.28. The van der Waals surface area contributed by atoms with E-state index in [0.717, 1.165) is 0 Å². The lowest BCUT2D eigenvalue weighted by atomic mass is 9.79. The molecule has 104 valence electrons. The maximum Gasteiger partial charge on any atom is 0.410 e. The van der Waals surface area contributed by atoms with Crippen molar-refractivity contribution in [3.05, 3.63) is 0 Å². The molecule has 0 spiro atoms.